The number of aromatic nitrogens is 7. The number of aliphatic hydroxyl groups excluding tert-OH is 1. The summed E-state index contributed by atoms with van der Waals surface area (Å²) in [5.41, 5.74) is 6.84. The minimum absolute atomic E-state index is 0.0323. The highest BCUT2D eigenvalue weighted by Crippen LogP contribution is 2.36. The third-order valence-corrected chi connectivity index (χ3v) is 6.87. The predicted octanol–water partition coefficient (Wildman–Crippen LogP) is 3.51. The molecule has 38 heavy (non-hydrogen) atoms. The van der Waals surface area contributed by atoms with Crippen LogP contribution in [0.5, 0.6) is 11.8 Å². The van der Waals surface area contributed by atoms with E-state index in [1.54, 1.807) is 4.68 Å². The molecule has 0 aromatic carbocycles. The number of fused-ring (bicyclic) bond motifs is 4. The largest absolute Gasteiger partial charge is 0.476 e. The zero-order valence-electron chi connectivity index (χ0n) is 23.1. The number of aromatic amines is 1. The van der Waals surface area contributed by atoms with Gasteiger partial charge in [-0.3, -0.25) is 19.7 Å². The Labute approximate surface area is 222 Å². The molecule has 0 spiro atoms. The Hall–Kier alpha value is -3.70. The maximum Gasteiger partial charge on any atom is 0.240 e. The third-order valence-electron chi connectivity index (χ3n) is 6.87. The number of H-pyrrole nitrogens is 1. The van der Waals surface area contributed by atoms with Gasteiger partial charge in [0.2, 0.25) is 11.8 Å². The van der Waals surface area contributed by atoms with Crippen LogP contribution in [0.25, 0.3) is 34.3 Å². The summed E-state index contributed by atoms with van der Waals surface area (Å²) < 4.78 is 16.1. The summed E-state index contributed by atoms with van der Waals surface area (Å²) in [6, 6.07) is 1.83. The molecule has 0 radical (unpaired) electrons. The maximum absolute atomic E-state index is 9.96. The van der Waals surface area contributed by atoms with Crippen LogP contribution < -0.4 is 9.47 Å². The molecule has 0 saturated carbocycles. The smallest absolute Gasteiger partial charge is 0.240 e. The highest BCUT2D eigenvalue weighted by molar-refractivity contribution is 5.93. The molecule has 11 heteroatoms. The molecular weight excluding hydrogens is 484 g/mol. The van der Waals surface area contributed by atoms with E-state index < -0.39 is 0 Å². The summed E-state index contributed by atoms with van der Waals surface area (Å²) in [7, 11) is 3.94. The first-order valence-electron chi connectivity index (χ1n) is 13.0. The van der Waals surface area contributed by atoms with Gasteiger partial charge >= 0.3 is 0 Å². The topological polar surface area (TPSA) is 119 Å². The number of hydrogen-bond acceptors (Lipinski definition) is 8. The Morgan fingerprint density at radius 3 is 2.74 bits per heavy atom. The van der Waals surface area contributed by atoms with Gasteiger partial charge in [-0.2, -0.15) is 10.2 Å². The molecule has 202 valence electrons. The fraction of sp³-hybridized carbons (Fsp3) is 0.481. The lowest BCUT2D eigenvalue weighted by Gasteiger charge is -2.24. The van der Waals surface area contributed by atoms with Crippen LogP contribution in [0.2, 0.25) is 0 Å². The van der Waals surface area contributed by atoms with E-state index in [0.29, 0.717) is 31.5 Å². The van der Waals surface area contributed by atoms with E-state index in [1.165, 1.54) is 0 Å². The molecule has 5 rings (SSSR count). The van der Waals surface area contributed by atoms with Crippen molar-refractivity contribution in [2.75, 3.05) is 26.8 Å². The van der Waals surface area contributed by atoms with Crippen LogP contribution in [0.1, 0.15) is 55.2 Å². The van der Waals surface area contributed by atoms with Crippen molar-refractivity contribution in [3.05, 3.63) is 34.4 Å². The molecule has 4 aromatic heterocycles. The molecular formula is C27H36N8O3. The number of rotatable bonds is 4. The van der Waals surface area contributed by atoms with Crippen molar-refractivity contribution in [3.63, 3.8) is 0 Å². The number of likely N-dealkylation sites (N-methyl/N-ethyl adjacent to an activating group) is 1. The van der Waals surface area contributed by atoms with Crippen molar-refractivity contribution in [3.8, 4) is 23.0 Å². The Morgan fingerprint density at radius 2 is 2.00 bits per heavy atom. The molecule has 1 aliphatic heterocycles. The lowest BCUT2D eigenvalue weighted by atomic mass is 10.1. The normalized spacial score (nSPS) is 17.9. The second-order valence-electron chi connectivity index (χ2n) is 10.0. The zero-order valence-corrected chi connectivity index (χ0v) is 23.1. The zero-order chi connectivity index (χ0) is 27.1. The Morgan fingerprint density at radius 1 is 1.21 bits per heavy atom. The second-order valence-corrected chi connectivity index (χ2v) is 10.0. The number of aliphatic hydroxyl groups is 1. The lowest BCUT2D eigenvalue weighted by Crippen LogP contribution is -2.32. The Bertz CT molecular complexity index is 1500. The molecule has 0 saturated heterocycles. The molecule has 0 fully saturated rings. The molecule has 0 aliphatic carbocycles. The molecule has 0 amide bonds. The second kappa shape index (κ2) is 10.2. The monoisotopic (exact) mass is 520 g/mol. The number of aryl methyl sites for hydroxylation is 3. The van der Waals surface area contributed by atoms with Crippen LogP contribution >= 0.6 is 0 Å². The number of ether oxygens (including phenoxy) is 2. The van der Waals surface area contributed by atoms with Crippen molar-refractivity contribution < 1.29 is 14.6 Å². The molecule has 4 aromatic rings. The fourth-order valence-electron chi connectivity index (χ4n) is 5.13. The van der Waals surface area contributed by atoms with Crippen molar-refractivity contribution in [2.45, 2.75) is 53.3 Å². The molecule has 11 nitrogen and oxygen atoms in total. The Kier molecular flexibility index (Phi) is 6.97. The maximum atomic E-state index is 9.96. The van der Waals surface area contributed by atoms with Crippen LogP contribution in [0, 0.1) is 13.8 Å². The van der Waals surface area contributed by atoms with Crippen LogP contribution in [-0.4, -0.2) is 77.7 Å². The summed E-state index contributed by atoms with van der Waals surface area (Å²) in [4.78, 5) is 7.07. The third kappa shape index (κ3) is 4.56. The van der Waals surface area contributed by atoms with Gasteiger partial charge in [-0.25, -0.2) is 4.68 Å². The molecule has 0 unspecified atom stereocenters. The number of nitrogens with one attached hydrogen (secondary N) is 1. The van der Waals surface area contributed by atoms with Gasteiger partial charge in [0, 0.05) is 25.5 Å². The van der Waals surface area contributed by atoms with Gasteiger partial charge in [0.05, 0.1) is 58.9 Å². The minimum atomic E-state index is -0.209. The van der Waals surface area contributed by atoms with Crippen LogP contribution in [0.15, 0.2) is 6.07 Å². The Balaban J connectivity index is 1.75. The van der Waals surface area contributed by atoms with Gasteiger partial charge < -0.3 is 14.6 Å². The first kappa shape index (κ1) is 25.9. The van der Waals surface area contributed by atoms with E-state index in [-0.39, 0.29) is 18.8 Å². The van der Waals surface area contributed by atoms with Gasteiger partial charge in [-0.05, 0) is 59.9 Å². The van der Waals surface area contributed by atoms with E-state index in [2.05, 4.69) is 34.2 Å². The summed E-state index contributed by atoms with van der Waals surface area (Å²) in [5, 5.41) is 28.0. The van der Waals surface area contributed by atoms with Crippen molar-refractivity contribution in [2.24, 2.45) is 7.05 Å². The molecule has 2 bridgehead atoms. The quantitative estimate of drug-likeness (QED) is 0.420. The average molecular weight is 521 g/mol. The molecule has 2 N–H and O–H groups in total. The van der Waals surface area contributed by atoms with Crippen molar-refractivity contribution in [1.29, 1.82) is 0 Å². The van der Waals surface area contributed by atoms with Crippen LogP contribution in [0.4, 0.5) is 0 Å². The standard InChI is InChI=1S/C27H36N8O3/c1-8-37-26-19-9-10-21-20-11-22(28-18(5)25(20)30-29-21)24-17(4)31-34(7)27(24)38-16(3)12-33(6)13-23(19)35(32-26)15(2)14-36/h9-11,15-16,36H,8,12-14H2,1-7H3,(H,29,30)/b10-9+/t15-,16-/m0/s1. The van der Waals surface area contributed by atoms with Gasteiger partial charge in [-0.1, -0.05) is 0 Å². The van der Waals surface area contributed by atoms with E-state index in [9.17, 15) is 5.11 Å². The summed E-state index contributed by atoms with van der Waals surface area (Å²) in [5.74, 6) is 1.22. The predicted molar refractivity (Wildman–Crippen MR) is 146 cm³/mol. The van der Waals surface area contributed by atoms with Crippen LogP contribution in [0.3, 0.4) is 0 Å². The summed E-state index contributed by atoms with van der Waals surface area (Å²) in [6.07, 6.45) is 3.89. The summed E-state index contributed by atoms with van der Waals surface area (Å²) in [6.45, 7) is 11.6. The van der Waals surface area contributed by atoms with E-state index in [4.69, 9.17) is 19.6 Å². The summed E-state index contributed by atoms with van der Waals surface area (Å²) >= 11 is 0. The average Bonchev–Trinajstić information content (AvgIpc) is 3.51. The van der Waals surface area contributed by atoms with Gasteiger partial charge in [0.15, 0.2) is 0 Å². The fourth-order valence-corrected chi connectivity index (χ4v) is 5.13. The molecule has 5 heterocycles. The van der Waals surface area contributed by atoms with Crippen molar-refractivity contribution in [1.82, 2.24) is 39.6 Å². The first-order valence-corrected chi connectivity index (χ1v) is 13.0. The van der Waals surface area contributed by atoms with E-state index in [0.717, 1.165) is 50.5 Å². The van der Waals surface area contributed by atoms with E-state index >= 15 is 0 Å². The van der Waals surface area contributed by atoms with E-state index in [1.807, 2.05) is 57.6 Å². The van der Waals surface area contributed by atoms with Gasteiger partial charge in [0.1, 0.15) is 11.6 Å². The molecule has 1 aliphatic rings. The highest BCUT2D eigenvalue weighted by atomic mass is 16.5. The van der Waals surface area contributed by atoms with Crippen molar-refractivity contribution >= 4 is 23.1 Å². The van der Waals surface area contributed by atoms with Crippen LogP contribution in [-0.2, 0) is 13.6 Å². The van der Waals surface area contributed by atoms with Gasteiger partial charge in [0.25, 0.3) is 0 Å². The number of hydrogen-bond donors (Lipinski definition) is 2. The number of nitrogens with zero attached hydrogens (tertiary/aromatic N) is 7. The lowest BCUT2D eigenvalue weighted by molar-refractivity contribution is 0.145. The van der Waals surface area contributed by atoms with Gasteiger partial charge in [-0.15, -0.1) is 5.10 Å². The number of pyridine rings is 1. The first-order chi connectivity index (χ1) is 18.2. The minimum Gasteiger partial charge on any atom is -0.476 e. The SMILES string of the molecule is CCOc1nn([C@@H](C)CO)c2c1/C=C/c1[nH]nc3c(C)nc(cc13)-c1c(C)nn(C)c1O[C@@H](C)CN(C)C2. The highest BCUT2D eigenvalue weighted by Gasteiger charge is 2.25. The molecule has 2 atom stereocenters.